The molecule has 0 aliphatic carbocycles. The number of rotatable bonds is 4. The van der Waals surface area contributed by atoms with Gasteiger partial charge in [0.05, 0.1) is 16.3 Å². The summed E-state index contributed by atoms with van der Waals surface area (Å²) in [5.41, 5.74) is 0.832. The molecule has 1 aliphatic rings. The van der Waals surface area contributed by atoms with Crippen molar-refractivity contribution in [3.8, 4) is 0 Å². The van der Waals surface area contributed by atoms with Crippen LogP contribution in [0, 0.1) is 0 Å². The third kappa shape index (κ3) is 2.52. The summed E-state index contributed by atoms with van der Waals surface area (Å²) in [6.45, 7) is 0.923. The van der Waals surface area contributed by atoms with Crippen LogP contribution in [0.5, 0.6) is 0 Å². The minimum atomic E-state index is -3.12. The first kappa shape index (κ1) is 13.4. The molecular formula is C13H20N2O2S. The fourth-order valence-corrected chi connectivity index (χ4v) is 4.35. The highest BCUT2D eigenvalue weighted by atomic mass is 32.2. The topological polar surface area (TPSA) is 49.4 Å². The van der Waals surface area contributed by atoms with E-state index in [1.54, 1.807) is 12.1 Å². The Balaban J connectivity index is 2.25. The molecule has 1 aromatic carbocycles. The lowest BCUT2D eigenvalue weighted by molar-refractivity contribution is 0.541. The standard InChI is InChI=1S/C13H20N2O2S/c1-14-9-5-6-11-10-18(16,17)13-8-4-3-7-12(13)15(11)2/h3-4,7-8,11,14H,5-6,9-10H2,1-2H3. The summed E-state index contributed by atoms with van der Waals surface area (Å²) in [5, 5.41) is 3.09. The quantitative estimate of drug-likeness (QED) is 0.836. The summed E-state index contributed by atoms with van der Waals surface area (Å²) in [6, 6.07) is 7.34. The Hall–Kier alpha value is -1.07. The van der Waals surface area contributed by atoms with Crippen LogP contribution < -0.4 is 10.2 Å². The minimum absolute atomic E-state index is 0.0817. The molecule has 100 valence electrons. The number of nitrogens with one attached hydrogen (secondary N) is 1. The Bertz CT molecular complexity index is 513. The van der Waals surface area contributed by atoms with Gasteiger partial charge in [-0.2, -0.15) is 0 Å². The number of nitrogens with zero attached hydrogens (tertiary/aromatic N) is 1. The lowest BCUT2D eigenvalue weighted by atomic mass is 10.1. The minimum Gasteiger partial charge on any atom is -0.370 e. The van der Waals surface area contributed by atoms with Crippen LogP contribution >= 0.6 is 0 Å². The first-order chi connectivity index (χ1) is 8.56. The van der Waals surface area contributed by atoms with Crippen LogP contribution in [0.4, 0.5) is 5.69 Å². The van der Waals surface area contributed by atoms with E-state index < -0.39 is 9.84 Å². The van der Waals surface area contributed by atoms with E-state index in [0.29, 0.717) is 4.90 Å². The van der Waals surface area contributed by atoms with Crippen LogP contribution in [-0.4, -0.2) is 40.9 Å². The van der Waals surface area contributed by atoms with E-state index in [-0.39, 0.29) is 11.8 Å². The SMILES string of the molecule is CNCCCC1CS(=O)(=O)c2ccccc2N1C. The van der Waals surface area contributed by atoms with Crippen LogP contribution in [0.2, 0.25) is 0 Å². The van der Waals surface area contributed by atoms with E-state index in [1.807, 2.05) is 26.2 Å². The Morgan fingerprint density at radius 2 is 2.11 bits per heavy atom. The second kappa shape index (κ2) is 5.28. The summed E-state index contributed by atoms with van der Waals surface area (Å²) >= 11 is 0. The van der Waals surface area contributed by atoms with Crippen LogP contribution in [-0.2, 0) is 9.84 Å². The molecule has 18 heavy (non-hydrogen) atoms. The molecule has 4 nitrogen and oxygen atoms in total. The molecule has 1 N–H and O–H groups in total. The van der Waals surface area contributed by atoms with Crippen molar-refractivity contribution in [3.05, 3.63) is 24.3 Å². The van der Waals surface area contributed by atoms with Crippen LogP contribution in [0.3, 0.4) is 0 Å². The number of para-hydroxylation sites is 1. The first-order valence-corrected chi connectivity index (χ1v) is 7.90. The maximum absolute atomic E-state index is 12.2. The molecule has 0 aromatic heterocycles. The van der Waals surface area contributed by atoms with Crippen molar-refractivity contribution in [2.75, 3.05) is 31.3 Å². The third-order valence-electron chi connectivity index (χ3n) is 3.50. The zero-order valence-electron chi connectivity index (χ0n) is 10.9. The van der Waals surface area contributed by atoms with Crippen molar-refractivity contribution in [2.45, 2.75) is 23.8 Å². The average molecular weight is 268 g/mol. The second-order valence-electron chi connectivity index (χ2n) is 4.76. The lowest BCUT2D eigenvalue weighted by Crippen LogP contribution is -2.42. The summed E-state index contributed by atoms with van der Waals surface area (Å²) in [4.78, 5) is 2.57. The highest BCUT2D eigenvalue weighted by Gasteiger charge is 2.32. The molecule has 0 bridgehead atoms. The van der Waals surface area contributed by atoms with E-state index in [0.717, 1.165) is 25.1 Å². The molecule has 1 unspecified atom stereocenters. The van der Waals surface area contributed by atoms with Crippen molar-refractivity contribution >= 4 is 15.5 Å². The van der Waals surface area contributed by atoms with Gasteiger partial charge in [0.1, 0.15) is 0 Å². The van der Waals surface area contributed by atoms with E-state index in [9.17, 15) is 8.42 Å². The highest BCUT2D eigenvalue weighted by molar-refractivity contribution is 7.91. The van der Waals surface area contributed by atoms with Gasteiger partial charge >= 0.3 is 0 Å². The Kier molecular flexibility index (Phi) is 3.92. The summed E-state index contributed by atoms with van der Waals surface area (Å²) in [7, 11) is 0.774. The molecule has 1 atom stereocenters. The average Bonchev–Trinajstić information content (AvgIpc) is 2.36. The van der Waals surface area contributed by atoms with Gasteiger partial charge in [-0.3, -0.25) is 0 Å². The number of sulfone groups is 1. The molecular weight excluding hydrogens is 248 g/mol. The predicted octanol–water partition coefficient (Wildman–Crippen LogP) is 1.28. The zero-order valence-corrected chi connectivity index (χ0v) is 11.7. The van der Waals surface area contributed by atoms with Gasteiger partial charge in [0.2, 0.25) is 0 Å². The molecule has 2 rings (SSSR count). The molecule has 0 fully saturated rings. The fourth-order valence-electron chi connectivity index (χ4n) is 2.45. The molecule has 1 heterocycles. The number of hydrogen-bond acceptors (Lipinski definition) is 4. The van der Waals surface area contributed by atoms with Crippen molar-refractivity contribution < 1.29 is 8.42 Å². The largest absolute Gasteiger partial charge is 0.370 e. The number of anilines is 1. The van der Waals surface area contributed by atoms with Crippen LogP contribution in [0.1, 0.15) is 12.8 Å². The number of fused-ring (bicyclic) bond motifs is 1. The highest BCUT2D eigenvalue weighted by Crippen LogP contribution is 2.33. The summed E-state index contributed by atoms with van der Waals surface area (Å²) < 4.78 is 24.4. The van der Waals surface area contributed by atoms with Crippen molar-refractivity contribution in [1.82, 2.24) is 5.32 Å². The van der Waals surface area contributed by atoms with Crippen LogP contribution in [0.25, 0.3) is 0 Å². The number of benzene rings is 1. The molecule has 0 saturated carbocycles. The van der Waals surface area contributed by atoms with Crippen LogP contribution in [0.15, 0.2) is 29.2 Å². The lowest BCUT2D eigenvalue weighted by Gasteiger charge is -2.35. The fraction of sp³-hybridized carbons (Fsp3) is 0.538. The summed E-state index contributed by atoms with van der Waals surface area (Å²) in [5.74, 6) is 0.226. The normalized spacial score (nSPS) is 21.7. The molecule has 5 heteroatoms. The molecule has 1 aliphatic heterocycles. The molecule has 0 amide bonds. The van der Waals surface area contributed by atoms with Gasteiger partial charge in [0.15, 0.2) is 9.84 Å². The Labute approximate surface area is 109 Å². The van der Waals surface area contributed by atoms with Gasteiger partial charge in [0, 0.05) is 13.1 Å². The Morgan fingerprint density at radius 1 is 1.39 bits per heavy atom. The van der Waals surface area contributed by atoms with Gasteiger partial charge in [0.25, 0.3) is 0 Å². The summed E-state index contributed by atoms with van der Waals surface area (Å²) in [6.07, 6.45) is 1.88. The first-order valence-electron chi connectivity index (χ1n) is 6.25. The van der Waals surface area contributed by atoms with Crippen molar-refractivity contribution in [3.63, 3.8) is 0 Å². The molecule has 0 saturated heterocycles. The van der Waals surface area contributed by atoms with Gasteiger partial charge in [-0.15, -0.1) is 0 Å². The van der Waals surface area contributed by atoms with Gasteiger partial charge in [-0.1, -0.05) is 12.1 Å². The number of hydrogen-bond donors (Lipinski definition) is 1. The molecule has 0 radical (unpaired) electrons. The van der Waals surface area contributed by atoms with Gasteiger partial charge in [-0.05, 0) is 38.6 Å². The van der Waals surface area contributed by atoms with E-state index >= 15 is 0 Å². The zero-order chi connectivity index (χ0) is 13.2. The van der Waals surface area contributed by atoms with Crippen molar-refractivity contribution in [1.29, 1.82) is 0 Å². The maximum atomic E-state index is 12.2. The van der Waals surface area contributed by atoms with E-state index in [4.69, 9.17) is 0 Å². The van der Waals surface area contributed by atoms with E-state index in [2.05, 4.69) is 10.2 Å². The van der Waals surface area contributed by atoms with Gasteiger partial charge < -0.3 is 10.2 Å². The van der Waals surface area contributed by atoms with E-state index in [1.165, 1.54) is 0 Å². The third-order valence-corrected chi connectivity index (χ3v) is 5.34. The molecule has 1 aromatic rings. The predicted molar refractivity (Wildman–Crippen MR) is 73.8 cm³/mol. The van der Waals surface area contributed by atoms with Gasteiger partial charge in [-0.25, -0.2) is 8.42 Å². The molecule has 0 spiro atoms. The van der Waals surface area contributed by atoms with Crippen molar-refractivity contribution in [2.24, 2.45) is 0 Å². The Morgan fingerprint density at radius 3 is 2.83 bits per heavy atom. The second-order valence-corrected chi connectivity index (χ2v) is 6.76. The monoisotopic (exact) mass is 268 g/mol. The maximum Gasteiger partial charge on any atom is 0.182 e. The smallest absolute Gasteiger partial charge is 0.182 e.